The number of nitrogens with one attached hydrogen (secondary N) is 1. The first kappa shape index (κ1) is 29.3. The molecule has 228 valence electrons. The van der Waals surface area contributed by atoms with Gasteiger partial charge in [-0.1, -0.05) is 36.4 Å². The number of ether oxygens (including phenoxy) is 1. The number of carbonyl (C=O) groups is 2. The molecule has 2 aliphatic heterocycles. The molecule has 11 nitrogen and oxygen atoms in total. The number of anilines is 1. The van der Waals surface area contributed by atoms with Gasteiger partial charge in [0.2, 0.25) is 0 Å². The Hall–Kier alpha value is -4.74. The predicted molar refractivity (Wildman–Crippen MR) is 169 cm³/mol. The minimum Gasteiger partial charge on any atom is -0.410 e. The first-order valence-electron chi connectivity index (χ1n) is 14.9. The van der Waals surface area contributed by atoms with Crippen molar-refractivity contribution in [2.45, 2.75) is 19.0 Å². The molecule has 2 saturated heterocycles. The van der Waals surface area contributed by atoms with Crippen LogP contribution in [0.1, 0.15) is 22.3 Å². The second-order valence-corrected chi connectivity index (χ2v) is 11.6. The number of hydrogen-bond acceptors (Lipinski definition) is 8. The van der Waals surface area contributed by atoms with Crippen molar-refractivity contribution >= 4 is 17.8 Å². The van der Waals surface area contributed by atoms with E-state index in [4.69, 9.17) is 10.5 Å². The molecule has 0 spiro atoms. The van der Waals surface area contributed by atoms with Gasteiger partial charge in [0.05, 0.1) is 11.8 Å². The van der Waals surface area contributed by atoms with Gasteiger partial charge in [-0.2, -0.15) is 5.10 Å². The van der Waals surface area contributed by atoms with E-state index in [0.717, 1.165) is 55.0 Å². The average molecular weight is 595 g/mol. The molecule has 4 aromatic rings. The Kier molecular flexibility index (Phi) is 8.58. The van der Waals surface area contributed by atoms with Crippen LogP contribution in [0.2, 0.25) is 0 Å². The first-order chi connectivity index (χ1) is 21.3. The molecule has 2 aromatic heterocycles. The molecule has 0 saturated carbocycles. The number of amides is 2. The highest BCUT2D eigenvalue weighted by atomic mass is 16.6. The highest BCUT2D eigenvalue weighted by Gasteiger charge is 2.29. The number of carbonyl (C=O) groups excluding carboxylic acids is 2. The van der Waals surface area contributed by atoms with Crippen LogP contribution >= 0.6 is 0 Å². The lowest BCUT2D eigenvalue weighted by atomic mass is 10.0. The SMILES string of the molecule is CN1CCN(Cc2ccc(-c3cccc(OC(=O)N4CC[C@@H](NC(=O)c5cc(-c6cnn(C)c6)cnc5N)C4)c3)cc2)CC1. The van der Waals surface area contributed by atoms with Gasteiger partial charge >= 0.3 is 6.09 Å². The second-order valence-electron chi connectivity index (χ2n) is 11.6. The third kappa shape index (κ3) is 6.90. The molecule has 4 heterocycles. The van der Waals surface area contributed by atoms with E-state index in [1.807, 2.05) is 31.4 Å². The maximum Gasteiger partial charge on any atom is 0.415 e. The minimum atomic E-state index is -0.443. The number of hydrogen-bond donors (Lipinski definition) is 2. The van der Waals surface area contributed by atoms with Crippen LogP contribution in [0.4, 0.5) is 10.6 Å². The molecule has 3 N–H and O–H groups in total. The van der Waals surface area contributed by atoms with E-state index in [2.05, 4.69) is 56.5 Å². The number of pyridine rings is 1. The Morgan fingerprint density at radius 3 is 2.48 bits per heavy atom. The van der Waals surface area contributed by atoms with Crippen LogP contribution in [-0.4, -0.2) is 93.8 Å². The van der Waals surface area contributed by atoms with Gasteiger partial charge in [-0.25, -0.2) is 9.78 Å². The Labute approximate surface area is 257 Å². The molecule has 2 aliphatic rings. The van der Waals surface area contributed by atoms with E-state index in [1.54, 1.807) is 34.1 Å². The maximum atomic E-state index is 13.1. The molecule has 2 aromatic carbocycles. The molecule has 2 amide bonds. The molecule has 1 atom stereocenters. The zero-order valence-electron chi connectivity index (χ0n) is 25.1. The van der Waals surface area contributed by atoms with E-state index in [-0.39, 0.29) is 23.3 Å². The number of piperazine rings is 1. The molecule has 44 heavy (non-hydrogen) atoms. The molecule has 0 bridgehead atoms. The van der Waals surface area contributed by atoms with Gasteiger partial charge in [0.25, 0.3) is 5.91 Å². The average Bonchev–Trinajstić information content (AvgIpc) is 3.68. The summed E-state index contributed by atoms with van der Waals surface area (Å²) < 4.78 is 7.42. The highest BCUT2D eigenvalue weighted by molar-refractivity contribution is 5.99. The van der Waals surface area contributed by atoms with Crippen LogP contribution in [0.5, 0.6) is 5.75 Å². The van der Waals surface area contributed by atoms with Gasteiger partial charge in [-0.3, -0.25) is 14.4 Å². The van der Waals surface area contributed by atoms with Gasteiger partial charge in [-0.05, 0) is 48.4 Å². The number of likely N-dealkylation sites (tertiary alicyclic amines) is 1. The summed E-state index contributed by atoms with van der Waals surface area (Å²) in [5, 5.41) is 7.17. The van der Waals surface area contributed by atoms with Crippen molar-refractivity contribution in [2.75, 3.05) is 52.0 Å². The van der Waals surface area contributed by atoms with Crippen LogP contribution < -0.4 is 15.8 Å². The largest absolute Gasteiger partial charge is 0.415 e. The lowest BCUT2D eigenvalue weighted by molar-refractivity contribution is 0.0937. The van der Waals surface area contributed by atoms with Crippen molar-refractivity contribution in [3.63, 3.8) is 0 Å². The van der Waals surface area contributed by atoms with E-state index in [1.165, 1.54) is 5.56 Å². The van der Waals surface area contributed by atoms with E-state index < -0.39 is 6.09 Å². The van der Waals surface area contributed by atoms with E-state index in [0.29, 0.717) is 25.3 Å². The quantitative estimate of drug-likeness (QED) is 0.334. The number of benzene rings is 2. The second kappa shape index (κ2) is 12.9. The van der Waals surface area contributed by atoms with Crippen LogP contribution in [0.15, 0.2) is 73.2 Å². The zero-order valence-corrected chi connectivity index (χ0v) is 25.1. The molecular formula is C33H38N8O3. The number of nitrogens with zero attached hydrogens (tertiary/aromatic N) is 6. The summed E-state index contributed by atoms with van der Waals surface area (Å²) in [5.41, 5.74) is 11.2. The van der Waals surface area contributed by atoms with E-state index >= 15 is 0 Å². The number of rotatable bonds is 7. The van der Waals surface area contributed by atoms with Crippen LogP contribution in [0.3, 0.4) is 0 Å². The van der Waals surface area contributed by atoms with Gasteiger partial charge in [0.1, 0.15) is 11.6 Å². The topological polar surface area (TPSA) is 122 Å². The van der Waals surface area contributed by atoms with Gasteiger partial charge in [-0.15, -0.1) is 0 Å². The lowest BCUT2D eigenvalue weighted by Gasteiger charge is -2.32. The van der Waals surface area contributed by atoms with Crippen LogP contribution in [-0.2, 0) is 13.6 Å². The third-order valence-corrected chi connectivity index (χ3v) is 8.31. The molecule has 2 fully saturated rings. The molecular weight excluding hydrogens is 556 g/mol. The maximum absolute atomic E-state index is 13.1. The smallest absolute Gasteiger partial charge is 0.410 e. The number of aromatic nitrogens is 3. The Morgan fingerprint density at radius 1 is 0.932 bits per heavy atom. The third-order valence-electron chi connectivity index (χ3n) is 8.31. The Balaban J connectivity index is 1.03. The number of nitrogens with two attached hydrogens (primary N) is 1. The zero-order chi connectivity index (χ0) is 30.6. The molecule has 0 aliphatic carbocycles. The summed E-state index contributed by atoms with van der Waals surface area (Å²) in [4.78, 5) is 36.8. The fourth-order valence-electron chi connectivity index (χ4n) is 5.66. The van der Waals surface area contributed by atoms with E-state index in [9.17, 15) is 9.59 Å². The summed E-state index contributed by atoms with van der Waals surface area (Å²) >= 11 is 0. The number of nitrogen functional groups attached to an aromatic ring is 1. The van der Waals surface area contributed by atoms with Gasteiger partial charge in [0.15, 0.2) is 0 Å². The van der Waals surface area contributed by atoms with Crippen molar-refractivity contribution in [3.05, 3.63) is 84.3 Å². The molecule has 6 rings (SSSR count). The van der Waals surface area contributed by atoms with Crippen molar-refractivity contribution in [2.24, 2.45) is 7.05 Å². The summed E-state index contributed by atoms with van der Waals surface area (Å²) in [6, 6.07) is 17.6. The van der Waals surface area contributed by atoms with Gasteiger partial charge in [0, 0.05) is 82.4 Å². The normalized spacial score (nSPS) is 17.5. The predicted octanol–water partition coefficient (Wildman–Crippen LogP) is 3.48. The Bertz CT molecular complexity index is 1630. The van der Waals surface area contributed by atoms with Crippen molar-refractivity contribution < 1.29 is 14.3 Å². The van der Waals surface area contributed by atoms with Crippen LogP contribution in [0.25, 0.3) is 22.3 Å². The first-order valence-corrected chi connectivity index (χ1v) is 14.9. The highest BCUT2D eigenvalue weighted by Crippen LogP contribution is 2.26. The number of aryl methyl sites for hydroxylation is 1. The fourth-order valence-corrected chi connectivity index (χ4v) is 5.66. The molecule has 0 radical (unpaired) electrons. The standard InChI is InChI=1S/C33H38N8O3/c1-38-12-14-40(15-13-38)20-23-6-8-24(9-7-23)25-4-3-5-29(16-25)44-33(43)41-11-10-28(22-41)37-32(42)30-17-26(18-35-31(30)34)27-19-36-39(2)21-27/h3-9,16-19,21,28H,10-15,20,22H2,1-2H3,(H2,34,35)(H,37,42)/t28-/m1/s1. The van der Waals surface area contributed by atoms with Crippen molar-refractivity contribution in [1.82, 2.24) is 34.8 Å². The minimum absolute atomic E-state index is 0.147. The van der Waals surface area contributed by atoms with Crippen molar-refractivity contribution in [3.8, 4) is 28.0 Å². The number of likely N-dealkylation sites (N-methyl/N-ethyl adjacent to an activating group) is 1. The summed E-state index contributed by atoms with van der Waals surface area (Å²) in [6.07, 6.45) is 5.34. The molecule has 0 unspecified atom stereocenters. The fraction of sp³-hybridized carbons (Fsp3) is 0.333. The monoisotopic (exact) mass is 594 g/mol. The lowest BCUT2D eigenvalue weighted by Crippen LogP contribution is -2.43. The molecule has 11 heteroatoms. The summed E-state index contributed by atoms with van der Waals surface area (Å²) in [7, 11) is 3.99. The van der Waals surface area contributed by atoms with Crippen LogP contribution in [0, 0.1) is 0 Å². The van der Waals surface area contributed by atoms with Crippen molar-refractivity contribution in [1.29, 1.82) is 0 Å². The van der Waals surface area contributed by atoms with Gasteiger partial charge < -0.3 is 25.6 Å². The Morgan fingerprint density at radius 2 is 1.73 bits per heavy atom. The summed E-state index contributed by atoms with van der Waals surface area (Å²) in [6.45, 7) is 6.14. The summed E-state index contributed by atoms with van der Waals surface area (Å²) in [5.74, 6) is 0.296.